The standard InChI is InChI=1S/C18H31NO3S/c1-14(2)7-5-3-4-6-8-17(20)19-16-11-15-9-10-18(16,12-15)13-23(19,21)22/h14-16H,3-13H2,1-2H3. The fourth-order valence-electron chi connectivity index (χ4n) is 5.16. The van der Waals surface area contributed by atoms with Crippen molar-refractivity contribution in [2.24, 2.45) is 17.3 Å². The molecule has 23 heavy (non-hydrogen) atoms. The van der Waals surface area contributed by atoms with E-state index in [1.54, 1.807) is 0 Å². The van der Waals surface area contributed by atoms with Gasteiger partial charge in [-0.15, -0.1) is 0 Å². The number of hydrogen-bond acceptors (Lipinski definition) is 3. The lowest BCUT2D eigenvalue weighted by atomic mass is 9.81. The average molecular weight is 342 g/mol. The Balaban J connectivity index is 1.51. The van der Waals surface area contributed by atoms with Crippen LogP contribution in [0.25, 0.3) is 0 Å². The monoisotopic (exact) mass is 341 g/mol. The van der Waals surface area contributed by atoms with Gasteiger partial charge in [0.15, 0.2) is 0 Å². The maximum atomic E-state index is 12.6. The third-order valence-corrected chi connectivity index (χ3v) is 8.23. The summed E-state index contributed by atoms with van der Waals surface area (Å²) in [6.45, 7) is 4.46. The minimum absolute atomic E-state index is 0.0142. The third-order valence-electron chi connectivity index (χ3n) is 6.23. The Bertz CT molecular complexity index is 557. The Hall–Kier alpha value is -0.580. The second-order valence-corrected chi connectivity index (χ2v) is 10.4. The van der Waals surface area contributed by atoms with E-state index in [-0.39, 0.29) is 23.1 Å². The van der Waals surface area contributed by atoms with Crippen molar-refractivity contribution < 1.29 is 13.2 Å². The summed E-state index contributed by atoms with van der Waals surface area (Å²) >= 11 is 0. The highest BCUT2D eigenvalue weighted by molar-refractivity contribution is 7.90. The Morgan fingerprint density at radius 1 is 1.22 bits per heavy atom. The molecule has 3 aliphatic rings. The zero-order valence-electron chi connectivity index (χ0n) is 14.6. The van der Waals surface area contributed by atoms with Crippen molar-refractivity contribution in [3.05, 3.63) is 0 Å². The molecule has 1 spiro atoms. The summed E-state index contributed by atoms with van der Waals surface area (Å²) in [5.74, 6) is 1.48. The van der Waals surface area contributed by atoms with E-state index in [4.69, 9.17) is 0 Å². The fraction of sp³-hybridized carbons (Fsp3) is 0.944. The number of fused-ring (bicyclic) bond motifs is 1. The molecule has 1 amide bonds. The Morgan fingerprint density at radius 3 is 2.65 bits per heavy atom. The molecule has 0 radical (unpaired) electrons. The van der Waals surface area contributed by atoms with Crippen LogP contribution in [0.1, 0.15) is 78.1 Å². The Morgan fingerprint density at radius 2 is 1.96 bits per heavy atom. The van der Waals surface area contributed by atoms with Gasteiger partial charge in [0.2, 0.25) is 15.9 Å². The third kappa shape index (κ3) is 3.31. The normalized spacial score (nSPS) is 34.3. The summed E-state index contributed by atoms with van der Waals surface area (Å²) < 4.78 is 26.3. The number of sulfonamides is 1. The number of rotatable bonds is 7. The average Bonchev–Trinajstić information content (AvgIpc) is 3.04. The van der Waals surface area contributed by atoms with Crippen molar-refractivity contribution in [3.63, 3.8) is 0 Å². The summed E-state index contributed by atoms with van der Waals surface area (Å²) in [5, 5.41) is 0. The predicted octanol–water partition coefficient (Wildman–Crippen LogP) is 3.71. The van der Waals surface area contributed by atoms with Crippen LogP contribution in [0.3, 0.4) is 0 Å². The van der Waals surface area contributed by atoms with Crippen LogP contribution in [0.2, 0.25) is 0 Å². The fourth-order valence-corrected chi connectivity index (χ4v) is 7.58. The number of amides is 1. The first-order valence-corrected chi connectivity index (χ1v) is 11.0. The number of carbonyl (C=O) groups is 1. The van der Waals surface area contributed by atoms with Crippen molar-refractivity contribution >= 4 is 15.9 Å². The molecular weight excluding hydrogens is 310 g/mol. The molecular formula is C18H31NO3S. The van der Waals surface area contributed by atoms with Crippen LogP contribution in [0.5, 0.6) is 0 Å². The van der Waals surface area contributed by atoms with Gasteiger partial charge in [-0.25, -0.2) is 12.7 Å². The quantitative estimate of drug-likeness (QED) is 0.663. The topological polar surface area (TPSA) is 54.5 Å². The molecule has 1 saturated heterocycles. The molecule has 1 aliphatic heterocycles. The molecule has 3 rings (SSSR count). The van der Waals surface area contributed by atoms with Gasteiger partial charge in [0, 0.05) is 11.8 Å². The summed E-state index contributed by atoms with van der Waals surface area (Å²) in [6, 6.07) is -0.0142. The van der Waals surface area contributed by atoms with Gasteiger partial charge in [0.1, 0.15) is 0 Å². The van der Waals surface area contributed by atoms with Crippen LogP contribution in [-0.2, 0) is 14.8 Å². The predicted molar refractivity (Wildman–Crippen MR) is 91.4 cm³/mol. The summed E-state index contributed by atoms with van der Waals surface area (Å²) in [5.41, 5.74) is -0.0869. The first kappa shape index (κ1) is 17.2. The molecule has 3 atom stereocenters. The number of unbranched alkanes of at least 4 members (excludes halogenated alkanes) is 3. The summed E-state index contributed by atoms with van der Waals surface area (Å²) in [6.07, 6.45) is 9.95. The number of hydrogen-bond donors (Lipinski definition) is 0. The van der Waals surface area contributed by atoms with Gasteiger partial charge in [0.25, 0.3) is 0 Å². The van der Waals surface area contributed by atoms with E-state index in [9.17, 15) is 13.2 Å². The van der Waals surface area contributed by atoms with Gasteiger partial charge in [-0.05, 0) is 43.9 Å². The van der Waals surface area contributed by atoms with E-state index in [2.05, 4.69) is 13.8 Å². The minimum atomic E-state index is -3.36. The van der Waals surface area contributed by atoms with Gasteiger partial charge in [0.05, 0.1) is 11.8 Å². The largest absolute Gasteiger partial charge is 0.274 e. The number of carbonyl (C=O) groups excluding carboxylic acids is 1. The van der Waals surface area contributed by atoms with Gasteiger partial charge in [-0.3, -0.25) is 4.79 Å². The molecule has 1 heterocycles. The van der Waals surface area contributed by atoms with E-state index < -0.39 is 10.0 Å². The van der Waals surface area contributed by atoms with E-state index in [0.717, 1.165) is 50.9 Å². The number of nitrogens with zero attached hydrogens (tertiary/aromatic N) is 1. The van der Waals surface area contributed by atoms with Crippen molar-refractivity contribution in [1.29, 1.82) is 0 Å². The van der Waals surface area contributed by atoms with E-state index in [1.165, 1.54) is 17.1 Å². The van der Waals surface area contributed by atoms with Crippen molar-refractivity contribution in [1.82, 2.24) is 4.31 Å². The molecule has 132 valence electrons. The van der Waals surface area contributed by atoms with Crippen molar-refractivity contribution in [2.75, 3.05) is 5.75 Å². The van der Waals surface area contributed by atoms with Gasteiger partial charge in [-0.1, -0.05) is 39.5 Å². The SMILES string of the molecule is CC(C)CCCCCCC(=O)N1C2CC3CCC2(C3)CS1(=O)=O. The van der Waals surface area contributed by atoms with Crippen LogP contribution in [0.15, 0.2) is 0 Å². The summed E-state index contributed by atoms with van der Waals surface area (Å²) in [7, 11) is -3.36. The van der Waals surface area contributed by atoms with E-state index >= 15 is 0 Å². The van der Waals surface area contributed by atoms with Gasteiger partial charge in [-0.2, -0.15) is 0 Å². The first-order chi connectivity index (χ1) is 10.8. The molecule has 0 aromatic rings. The molecule has 0 aromatic heterocycles. The Kier molecular flexibility index (Phi) is 4.78. The minimum Gasteiger partial charge on any atom is -0.274 e. The lowest BCUT2D eigenvalue weighted by Gasteiger charge is -2.30. The van der Waals surface area contributed by atoms with Crippen LogP contribution >= 0.6 is 0 Å². The zero-order valence-corrected chi connectivity index (χ0v) is 15.4. The Labute approximate surface area is 141 Å². The molecule has 3 unspecified atom stereocenters. The second kappa shape index (κ2) is 6.38. The van der Waals surface area contributed by atoms with Gasteiger partial charge < -0.3 is 0 Å². The van der Waals surface area contributed by atoms with Crippen molar-refractivity contribution in [3.8, 4) is 0 Å². The molecule has 3 fully saturated rings. The zero-order chi connectivity index (χ0) is 16.7. The van der Waals surface area contributed by atoms with Crippen LogP contribution in [0.4, 0.5) is 0 Å². The molecule has 2 aliphatic carbocycles. The maximum absolute atomic E-state index is 12.6. The van der Waals surface area contributed by atoms with E-state index in [0.29, 0.717) is 12.3 Å². The maximum Gasteiger partial charge on any atom is 0.238 e. The highest BCUT2D eigenvalue weighted by Crippen LogP contribution is 2.60. The molecule has 5 heteroatoms. The highest BCUT2D eigenvalue weighted by atomic mass is 32.2. The first-order valence-electron chi connectivity index (χ1n) is 9.39. The van der Waals surface area contributed by atoms with Crippen molar-refractivity contribution in [2.45, 2.75) is 84.1 Å². The van der Waals surface area contributed by atoms with Crippen LogP contribution < -0.4 is 0 Å². The summed E-state index contributed by atoms with van der Waals surface area (Å²) in [4.78, 5) is 12.6. The van der Waals surface area contributed by atoms with Gasteiger partial charge >= 0.3 is 0 Å². The lowest BCUT2D eigenvalue weighted by Crippen LogP contribution is -2.42. The molecule has 0 aromatic carbocycles. The molecule has 2 bridgehead atoms. The molecule has 0 N–H and O–H groups in total. The van der Waals surface area contributed by atoms with E-state index in [1.807, 2.05) is 0 Å². The highest BCUT2D eigenvalue weighted by Gasteiger charge is 2.63. The van der Waals surface area contributed by atoms with Crippen LogP contribution in [0, 0.1) is 17.3 Å². The molecule has 2 saturated carbocycles. The molecule has 4 nitrogen and oxygen atoms in total. The lowest BCUT2D eigenvalue weighted by molar-refractivity contribution is -0.128. The van der Waals surface area contributed by atoms with Crippen LogP contribution in [-0.4, -0.2) is 30.4 Å². The smallest absolute Gasteiger partial charge is 0.238 e. The second-order valence-electron chi connectivity index (χ2n) is 8.52.